The maximum atomic E-state index is 2.52. The van der Waals surface area contributed by atoms with Crippen LogP contribution in [0.4, 0.5) is 17.1 Å². The van der Waals surface area contributed by atoms with Gasteiger partial charge in [0, 0.05) is 47.8 Å². The smallest absolute Gasteiger partial charge is 0.0554 e. The number of benzene rings is 7. The van der Waals surface area contributed by atoms with Crippen LogP contribution in [0.15, 0.2) is 140 Å². The molecule has 1 heterocycles. The van der Waals surface area contributed by atoms with Crippen molar-refractivity contribution in [1.29, 1.82) is 0 Å². The summed E-state index contributed by atoms with van der Waals surface area (Å²) in [5.41, 5.74) is 14.4. The Kier molecular flexibility index (Phi) is 5.63. The Hall–Kier alpha value is -5.18. The van der Waals surface area contributed by atoms with Crippen LogP contribution in [0.2, 0.25) is 0 Å². The Labute approximate surface area is 285 Å². The van der Waals surface area contributed by atoms with Crippen LogP contribution in [-0.4, -0.2) is 0 Å². The van der Waals surface area contributed by atoms with Gasteiger partial charge in [-0.25, -0.2) is 0 Å². The fraction of sp³-hybridized carbons (Fsp3) is 0.130. The molecule has 0 bridgehead atoms. The van der Waals surface area contributed by atoms with Crippen LogP contribution in [0, 0.1) is 0 Å². The van der Waals surface area contributed by atoms with Gasteiger partial charge in [0.15, 0.2) is 0 Å². The quantitative estimate of drug-likeness (QED) is 0.187. The van der Waals surface area contributed by atoms with E-state index in [9.17, 15) is 0 Å². The summed E-state index contributed by atoms with van der Waals surface area (Å²) in [7, 11) is 0. The van der Waals surface area contributed by atoms with Crippen molar-refractivity contribution >= 4 is 59.3 Å². The van der Waals surface area contributed by atoms with Crippen LogP contribution in [0.5, 0.6) is 0 Å². The van der Waals surface area contributed by atoms with Crippen LogP contribution in [0.1, 0.15) is 49.9 Å². The first-order valence-corrected chi connectivity index (χ1v) is 17.8. The molecule has 10 rings (SSSR count). The van der Waals surface area contributed by atoms with Crippen LogP contribution in [-0.2, 0) is 10.8 Å². The van der Waals surface area contributed by atoms with E-state index in [4.69, 9.17) is 0 Å². The number of nitrogens with zero attached hydrogens (tertiary/aromatic N) is 1. The van der Waals surface area contributed by atoms with Crippen molar-refractivity contribution in [3.8, 4) is 22.3 Å². The van der Waals surface area contributed by atoms with E-state index >= 15 is 0 Å². The number of hydrogen-bond acceptors (Lipinski definition) is 2. The summed E-state index contributed by atoms with van der Waals surface area (Å²) in [6.45, 7) is 9.44. The predicted octanol–water partition coefficient (Wildman–Crippen LogP) is 13.3. The van der Waals surface area contributed by atoms with Gasteiger partial charge in [-0.1, -0.05) is 131 Å². The first-order valence-electron chi connectivity index (χ1n) is 16.9. The van der Waals surface area contributed by atoms with Gasteiger partial charge < -0.3 is 4.90 Å². The molecule has 0 saturated carbocycles. The molecule has 48 heavy (non-hydrogen) atoms. The Morgan fingerprint density at radius 3 is 1.67 bits per heavy atom. The predicted molar refractivity (Wildman–Crippen MR) is 207 cm³/mol. The molecule has 8 aromatic rings. The van der Waals surface area contributed by atoms with Gasteiger partial charge in [0.05, 0.1) is 5.69 Å². The third-order valence-electron chi connectivity index (χ3n) is 11.3. The van der Waals surface area contributed by atoms with E-state index in [-0.39, 0.29) is 10.8 Å². The van der Waals surface area contributed by atoms with Gasteiger partial charge in [-0.15, -0.1) is 11.3 Å². The number of fused-ring (bicyclic) bond motifs is 11. The van der Waals surface area contributed by atoms with E-state index < -0.39 is 0 Å². The Bertz CT molecular complexity index is 2530. The normalized spacial score (nSPS) is 15.0. The van der Waals surface area contributed by atoms with Crippen LogP contribution >= 0.6 is 11.3 Å². The fourth-order valence-corrected chi connectivity index (χ4v) is 10.1. The average Bonchev–Trinajstić information content (AvgIpc) is 3.68. The molecule has 0 fully saturated rings. The minimum absolute atomic E-state index is 0.0408. The van der Waals surface area contributed by atoms with Gasteiger partial charge in [-0.2, -0.15) is 0 Å². The van der Waals surface area contributed by atoms with E-state index in [1.165, 1.54) is 92.5 Å². The minimum Gasteiger partial charge on any atom is -0.310 e. The van der Waals surface area contributed by atoms with Crippen LogP contribution in [0.25, 0.3) is 53.2 Å². The highest BCUT2D eigenvalue weighted by Gasteiger charge is 2.37. The summed E-state index contributed by atoms with van der Waals surface area (Å²) in [6.07, 6.45) is 0. The monoisotopic (exact) mass is 633 g/mol. The van der Waals surface area contributed by atoms with E-state index in [1.807, 2.05) is 11.3 Å². The van der Waals surface area contributed by atoms with E-state index in [2.05, 4.69) is 172 Å². The van der Waals surface area contributed by atoms with Crippen molar-refractivity contribution in [3.05, 3.63) is 162 Å². The van der Waals surface area contributed by atoms with Gasteiger partial charge in [0.2, 0.25) is 0 Å². The zero-order valence-corrected chi connectivity index (χ0v) is 28.5. The van der Waals surface area contributed by atoms with Crippen LogP contribution in [0.3, 0.4) is 0 Å². The molecule has 0 amide bonds. The molecule has 0 radical (unpaired) electrons. The third kappa shape index (κ3) is 3.67. The highest BCUT2D eigenvalue weighted by atomic mass is 32.1. The molecule has 0 spiro atoms. The maximum absolute atomic E-state index is 2.52. The van der Waals surface area contributed by atoms with Gasteiger partial charge in [0.25, 0.3) is 0 Å². The number of anilines is 3. The summed E-state index contributed by atoms with van der Waals surface area (Å²) in [4.78, 5) is 2.52. The van der Waals surface area contributed by atoms with Gasteiger partial charge in [0.1, 0.15) is 0 Å². The van der Waals surface area contributed by atoms with E-state index in [0.29, 0.717) is 0 Å². The lowest BCUT2D eigenvalue weighted by Crippen LogP contribution is -2.16. The highest BCUT2D eigenvalue weighted by molar-refractivity contribution is 7.26. The molecular weight excluding hydrogens is 599 g/mol. The molecule has 2 aliphatic rings. The Balaban J connectivity index is 1.28. The molecule has 0 saturated heterocycles. The second-order valence-corrected chi connectivity index (χ2v) is 15.6. The fourth-order valence-electron chi connectivity index (χ4n) is 8.84. The zero-order chi connectivity index (χ0) is 32.4. The first kappa shape index (κ1) is 27.9. The third-order valence-corrected chi connectivity index (χ3v) is 12.5. The largest absolute Gasteiger partial charge is 0.310 e. The van der Waals surface area contributed by atoms with Gasteiger partial charge in [-0.05, 0) is 86.3 Å². The van der Waals surface area contributed by atoms with Crippen molar-refractivity contribution in [3.63, 3.8) is 0 Å². The molecule has 1 aromatic heterocycles. The highest BCUT2D eigenvalue weighted by Crippen LogP contribution is 2.54. The van der Waals surface area contributed by atoms with Crippen molar-refractivity contribution in [2.45, 2.75) is 38.5 Å². The van der Waals surface area contributed by atoms with Gasteiger partial charge in [-0.3, -0.25) is 0 Å². The average molecular weight is 634 g/mol. The second-order valence-electron chi connectivity index (χ2n) is 14.6. The van der Waals surface area contributed by atoms with E-state index in [0.717, 1.165) is 0 Å². The standard InChI is InChI=1S/C46H35NS/c1-45(2)37-16-8-5-13-31(37)35-26-29(21-24-39(35)45)47(30-22-25-40-36(27-30)32-14-6-9-17-38(32)46(40,3)4)41-18-11-12-28-20-23-34-33-15-7-10-19-42(33)48-44(34)43(28)41/h5-27H,1-4H3. The molecule has 0 atom stereocenters. The minimum atomic E-state index is -0.0408. The van der Waals surface area contributed by atoms with Crippen molar-refractivity contribution < 1.29 is 0 Å². The molecule has 0 N–H and O–H groups in total. The van der Waals surface area contributed by atoms with Gasteiger partial charge >= 0.3 is 0 Å². The summed E-state index contributed by atoms with van der Waals surface area (Å²) < 4.78 is 2.67. The molecule has 7 aromatic carbocycles. The summed E-state index contributed by atoms with van der Waals surface area (Å²) >= 11 is 1.91. The molecule has 1 nitrogen and oxygen atoms in total. The summed E-state index contributed by atoms with van der Waals surface area (Å²) in [6, 6.07) is 52.5. The zero-order valence-electron chi connectivity index (χ0n) is 27.6. The Morgan fingerprint density at radius 1 is 0.458 bits per heavy atom. The number of thiophene rings is 1. The lowest BCUT2D eigenvalue weighted by molar-refractivity contribution is 0.660. The maximum Gasteiger partial charge on any atom is 0.0554 e. The molecule has 230 valence electrons. The Morgan fingerprint density at radius 2 is 1.02 bits per heavy atom. The molecule has 2 aliphatic carbocycles. The summed E-state index contributed by atoms with van der Waals surface area (Å²) in [5.74, 6) is 0. The number of hydrogen-bond donors (Lipinski definition) is 0. The lowest BCUT2D eigenvalue weighted by atomic mass is 9.82. The summed E-state index contributed by atoms with van der Waals surface area (Å²) in [5, 5.41) is 5.22. The molecule has 2 heteroatoms. The van der Waals surface area contributed by atoms with Crippen molar-refractivity contribution in [2.75, 3.05) is 4.90 Å². The van der Waals surface area contributed by atoms with Crippen LogP contribution < -0.4 is 4.90 Å². The second kappa shape index (κ2) is 9.69. The lowest BCUT2D eigenvalue weighted by Gasteiger charge is -2.29. The first-order chi connectivity index (χ1) is 23.3. The SMILES string of the molecule is CC1(C)c2ccccc2-c2cc(N(c3ccc4c(c3)-c3ccccc3C4(C)C)c3cccc4ccc5c6ccccc6sc5c34)ccc21. The molecule has 0 aliphatic heterocycles. The van der Waals surface area contributed by atoms with E-state index in [1.54, 1.807) is 0 Å². The molecular formula is C46H35NS. The van der Waals surface area contributed by atoms with Crippen molar-refractivity contribution in [2.24, 2.45) is 0 Å². The van der Waals surface area contributed by atoms with Crippen molar-refractivity contribution in [1.82, 2.24) is 0 Å². The molecule has 0 unspecified atom stereocenters. The number of rotatable bonds is 3. The topological polar surface area (TPSA) is 3.24 Å².